The molecule has 88 valence electrons. The normalized spacial score (nSPS) is 21.9. The molecule has 0 aromatic carbocycles. The molecule has 0 radical (unpaired) electrons. The van der Waals surface area contributed by atoms with Crippen molar-refractivity contribution in [3.05, 3.63) is 0 Å². The third kappa shape index (κ3) is 4.24. The number of carbonyl (C=O) groups is 1. The Morgan fingerprint density at radius 1 is 1.40 bits per heavy atom. The fourth-order valence-electron chi connectivity index (χ4n) is 1.73. The van der Waals surface area contributed by atoms with Crippen LogP contribution in [0.25, 0.3) is 0 Å². The summed E-state index contributed by atoms with van der Waals surface area (Å²) in [6.07, 6.45) is 0.287. The molecule has 1 aliphatic rings. The number of halogens is 2. The predicted molar refractivity (Wildman–Crippen MR) is 53.0 cm³/mol. The van der Waals surface area contributed by atoms with Crippen LogP contribution in [0.3, 0.4) is 0 Å². The van der Waals surface area contributed by atoms with Gasteiger partial charge in [0, 0.05) is 18.8 Å². The van der Waals surface area contributed by atoms with Gasteiger partial charge in [-0.15, -0.1) is 0 Å². The van der Waals surface area contributed by atoms with Crippen LogP contribution in [-0.4, -0.2) is 24.4 Å². The fraction of sp³-hybridized carbons (Fsp3) is 0.909. The number of carbonyl (C=O) groups excluding carboxylic acids is 1. The molecular formula is C11H18F2O2. The lowest BCUT2D eigenvalue weighted by Gasteiger charge is -2.27. The largest absolute Gasteiger partial charge is 0.371 e. The molecule has 0 atom stereocenters. The van der Waals surface area contributed by atoms with Crippen molar-refractivity contribution in [3.63, 3.8) is 0 Å². The zero-order valence-corrected chi connectivity index (χ0v) is 9.26. The van der Waals surface area contributed by atoms with Gasteiger partial charge in [-0.05, 0) is 26.7 Å². The Balaban J connectivity index is 2.30. The van der Waals surface area contributed by atoms with E-state index < -0.39 is 5.92 Å². The Morgan fingerprint density at radius 2 is 1.93 bits per heavy atom. The van der Waals surface area contributed by atoms with Crippen LogP contribution >= 0.6 is 0 Å². The summed E-state index contributed by atoms with van der Waals surface area (Å²) in [7, 11) is 0. The molecule has 0 N–H and O–H groups in total. The maximum absolute atomic E-state index is 12.8. The molecule has 15 heavy (non-hydrogen) atoms. The van der Waals surface area contributed by atoms with Crippen molar-refractivity contribution >= 4 is 5.78 Å². The second-order valence-corrected chi connectivity index (χ2v) is 4.46. The van der Waals surface area contributed by atoms with Gasteiger partial charge < -0.3 is 4.74 Å². The quantitative estimate of drug-likeness (QED) is 0.728. The first-order valence-corrected chi connectivity index (χ1v) is 5.43. The Bertz CT molecular complexity index is 217. The van der Waals surface area contributed by atoms with E-state index >= 15 is 0 Å². The van der Waals surface area contributed by atoms with Crippen molar-refractivity contribution in [2.75, 3.05) is 6.61 Å². The van der Waals surface area contributed by atoms with Gasteiger partial charge in [0.2, 0.25) is 5.92 Å². The number of ether oxygens (including phenoxy) is 1. The molecule has 0 bridgehead atoms. The third-order valence-electron chi connectivity index (χ3n) is 2.73. The van der Waals surface area contributed by atoms with E-state index in [-0.39, 0.29) is 37.3 Å². The lowest BCUT2D eigenvalue weighted by Crippen LogP contribution is -2.31. The monoisotopic (exact) mass is 220 g/mol. The van der Waals surface area contributed by atoms with Gasteiger partial charge >= 0.3 is 0 Å². The minimum absolute atomic E-state index is 0.0129. The summed E-state index contributed by atoms with van der Waals surface area (Å²) in [5.74, 6) is -2.81. The molecule has 0 spiro atoms. The number of rotatable bonds is 4. The molecule has 0 aromatic rings. The second kappa shape index (κ2) is 5.01. The number of ketones is 1. The van der Waals surface area contributed by atoms with E-state index in [0.717, 1.165) is 0 Å². The standard InChI is InChI=1S/C11H18F2O2/c1-8(2)15-7-10(14)9-3-5-11(12,13)6-4-9/h8-9H,3-7H2,1-2H3. The van der Waals surface area contributed by atoms with Crippen molar-refractivity contribution in [1.29, 1.82) is 0 Å². The van der Waals surface area contributed by atoms with Gasteiger partial charge in [-0.25, -0.2) is 8.78 Å². The molecule has 0 unspecified atom stereocenters. The van der Waals surface area contributed by atoms with E-state index in [4.69, 9.17) is 4.74 Å². The molecule has 1 rings (SSSR count). The van der Waals surface area contributed by atoms with Crippen LogP contribution in [0.4, 0.5) is 8.78 Å². The SMILES string of the molecule is CC(C)OCC(=O)C1CCC(F)(F)CC1. The van der Waals surface area contributed by atoms with E-state index in [2.05, 4.69) is 0 Å². The van der Waals surface area contributed by atoms with Crippen molar-refractivity contribution in [3.8, 4) is 0 Å². The summed E-state index contributed by atoms with van der Waals surface area (Å²) in [6.45, 7) is 3.76. The molecule has 4 heteroatoms. The van der Waals surface area contributed by atoms with Crippen LogP contribution in [0.15, 0.2) is 0 Å². The first-order chi connectivity index (χ1) is 6.91. The van der Waals surface area contributed by atoms with Crippen LogP contribution in [0.1, 0.15) is 39.5 Å². The number of hydrogen-bond acceptors (Lipinski definition) is 2. The van der Waals surface area contributed by atoms with Crippen LogP contribution in [0, 0.1) is 5.92 Å². The lowest BCUT2D eigenvalue weighted by molar-refractivity contribution is -0.132. The van der Waals surface area contributed by atoms with Crippen LogP contribution < -0.4 is 0 Å². The highest BCUT2D eigenvalue weighted by Crippen LogP contribution is 2.36. The van der Waals surface area contributed by atoms with Crippen molar-refractivity contribution in [1.82, 2.24) is 0 Å². The highest BCUT2D eigenvalue weighted by molar-refractivity contribution is 5.82. The second-order valence-electron chi connectivity index (χ2n) is 4.46. The number of Topliss-reactive ketones (excluding diaryl/α,β-unsaturated/α-hetero) is 1. The van der Waals surface area contributed by atoms with E-state index in [1.807, 2.05) is 13.8 Å². The van der Waals surface area contributed by atoms with Crippen molar-refractivity contribution in [2.45, 2.75) is 51.6 Å². The van der Waals surface area contributed by atoms with E-state index in [9.17, 15) is 13.6 Å². The highest BCUT2D eigenvalue weighted by Gasteiger charge is 2.37. The lowest BCUT2D eigenvalue weighted by atomic mass is 9.84. The average molecular weight is 220 g/mol. The summed E-state index contributed by atoms with van der Waals surface area (Å²) >= 11 is 0. The Morgan fingerprint density at radius 3 is 2.40 bits per heavy atom. The van der Waals surface area contributed by atoms with Gasteiger partial charge in [0.25, 0.3) is 0 Å². The molecule has 1 saturated carbocycles. The molecule has 1 fully saturated rings. The van der Waals surface area contributed by atoms with Gasteiger partial charge in [0.1, 0.15) is 6.61 Å². The molecule has 0 aromatic heterocycles. The minimum atomic E-state index is -2.56. The fourth-order valence-corrected chi connectivity index (χ4v) is 1.73. The smallest absolute Gasteiger partial charge is 0.248 e. The van der Waals surface area contributed by atoms with Gasteiger partial charge in [-0.1, -0.05) is 0 Å². The Kier molecular flexibility index (Phi) is 4.20. The van der Waals surface area contributed by atoms with Crippen LogP contribution in [-0.2, 0) is 9.53 Å². The van der Waals surface area contributed by atoms with Gasteiger partial charge in [-0.3, -0.25) is 4.79 Å². The van der Waals surface area contributed by atoms with Crippen LogP contribution in [0.2, 0.25) is 0 Å². The first-order valence-electron chi connectivity index (χ1n) is 5.43. The van der Waals surface area contributed by atoms with E-state index in [1.54, 1.807) is 0 Å². The maximum Gasteiger partial charge on any atom is 0.248 e. The van der Waals surface area contributed by atoms with Crippen LogP contribution in [0.5, 0.6) is 0 Å². The van der Waals surface area contributed by atoms with Gasteiger partial charge in [0.05, 0.1) is 6.10 Å². The first kappa shape index (κ1) is 12.6. The summed E-state index contributed by atoms with van der Waals surface area (Å²) in [4.78, 5) is 11.5. The molecule has 0 amide bonds. The molecule has 0 saturated heterocycles. The zero-order chi connectivity index (χ0) is 11.5. The van der Waals surface area contributed by atoms with E-state index in [1.165, 1.54) is 0 Å². The molecule has 0 aliphatic heterocycles. The molecule has 2 nitrogen and oxygen atoms in total. The number of alkyl halides is 2. The summed E-state index contributed by atoms with van der Waals surface area (Å²) in [5, 5.41) is 0. The summed E-state index contributed by atoms with van der Waals surface area (Å²) in [6, 6.07) is 0. The maximum atomic E-state index is 12.8. The average Bonchev–Trinajstić information content (AvgIpc) is 2.14. The Hall–Kier alpha value is -0.510. The van der Waals surface area contributed by atoms with Gasteiger partial charge in [0.15, 0.2) is 5.78 Å². The number of hydrogen-bond donors (Lipinski definition) is 0. The summed E-state index contributed by atoms with van der Waals surface area (Å²) < 4.78 is 30.8. The van der Waals surface area contributed by atoms with Crippen molar-refractivity contribution in [2.24, 2.45) is 5.92 Å². The summed E-state index contributed by atoms with van der Waals surface area (Å²) in [5.41, 5.74) is 0. The molecule has 0 heterocycles. The third-order valence-corrected chi connectivity index (χ3v) is 2.73. The minimum Gasteiger partial charge on any atom is -0.371 e. The molecular weight excluding hydrogens is 202 g/mol. The predicted octanol–water partition coefficient (Wildman–Crippen LogP) is 2.81. The highest BCUT2D eigenvalue weighted by atomic mass is 19.3. The zero-order valence-electron chi connectivity index (χ0n) is 9.26. The topological polar surface area (TPSA) is 26.3 Å². The Labute approximate surface area is 89.0 Å². The molecule has 1 aliphatic carbocycles. The van der Waals surface area contributed by atoms with E-state index in [0.29, 0.717) is 12.8 Å². The van der Waals surface area contributed by atoms with Gasteiger partial charge in [-0.2, -0.15) is 0 Å². The van der Waals surface area contributed by atoms with Crippen molar-refractivity contribution < 1.29 is 18.3 Å².